The Kier molecular flexibility index (Phi) is 3.54. The van der Waals surface area contributed by atoms with Gasteiger partial charge in [-0.2, -0.15) is 0 Å². The van der Waals surface area contributed by atoms with E-state index in [4.69, 9.17) is 5.73 Å². The number of nitrogens with two attached hydrogens (primary N) is 1. The quantitative estimate of drug-likeness (QED) is 0.864. The van der Waals surface area contributed by atoms with E-state index in [9.17, 15) is 0 Å². The van der Waals surface area contributed by atoms with Gasteiger partial charge in [-0.15, -0.1) is 5.10 Å². The van der Waals surface area contributed by atoms with Gasteiger partial charge in [-0.05, 0) is 31.5 Å². The molecule has 1 aromatic heterocycles. The molecule has 1 heterocycles. The minimum absolute atomic E-state index is 0.615. The second kappa shape index (κ2) is 5.10. The van der Waals surface area contributed by atoms with Crippen LogP contribution in [0.25, 0.3) is 0 Å². The molecule has 2 N–H and O–H groups in total. The van der Waals surface area contributed by atoms with Gasteiger partial charge < -0.3 is 5.73 Å². The van der Waals surface area contributed by atoms with Gasteiger partial charge in [0.15, 0.2) is 0 Å². The van der Waals surface area contributed by atoms with Gasteiger partial charge in [-0.25, -0.2) is 4.68 Å². The van der Waals surface area contributed by atoms with E-state index >= 15 is 0 Å². The highest BCUT2D eigenvalue weighted by molar-refractivity contribution is 5.26. The van der Waals surface area contributed by atoms with Gasteiger partial charge in [0.25, 0.3) is 0 Å². The summed E-state index contributed by atoms with van der Waals surface area (Å²) in [7, 11) is 0. The maximum atomic E-state index is 5.54. The van der Waals surface area contributed by atoms with E-state index in [1.807, 2.05) is 17.7 Å². The zero-order valence-electron chi connectivity index (χ0n) is 10.3. The van der Waals surface area contributed by atoms with Gasteiger partial charge in [-0.1, -0.05) is 29.5 Å². The van der Waals surface area contributed by atoms with E-state index < -0.39 is 0 Å². The lowest BCUT2D eigenvalue weighted by atomic mass is 10.1. The molecule has 0 saturated carbocycles. The van der Waals surface area contributed by atoms with Crippen LogP contribution in [-0.4, -0.2) is 21.5 Å². The summed E-state index contributed by atoms with van der Waals surface area (Å²) in [4.78, 5) is 0. The van der Waals surface area contributed by atoms with E-state index in [2.05, 4.69) is 35.4 Å². The van der Waals surface area contributed by atoms with Crippen LogP contribution in [0.4, 0.5) is 0 Å². The molecule has 2 aromatic rings. The van der Waals surface area contributed by atoms with Gasteiger partial charge >= 0.3 is 0 Å². The smallest absolute Gasteiger partial charge is 0.0868 e. The molecule has 0 amide bonds. The monoisotopic (exact) mass is 230 g/mol. The molecule has 17 heavy (non-hydrogen) atoms. The summed E-state index contributed by atoms with van der Waals surface area (Å²) in [6.45, 7) is 5.55. The first kappa shape index (κ1) is 11.8. The topological polar surface area (TPSA) is 56.7 Å². The Morgan fingerprint density at radius 2 is 2.00 bits per heavy atom. The highest BCUT2D eigenvalue weighted by atomic mass is 15.4. The normalized spacial score (nSPS) is 10.8. The van der Waals surface area contributed by atoms with E-state index in [1.54, 1.807) is 0 Å². The van der Waals surface area contributed by atoms with Crippen molar-refractivity contribution in [1.29, 1.82) is 0 Å². The Labute approximate surface area is 101 Å². The Hall–Kier alpha value is -1.68. The first-order valence-corrected chi connectivity index (χ1v) is 5.86. The molecule has 4 heteroatoms. The lowest BCUT2D eigenvalue weighted by Gasteiger charge is -2.06. The van der Waals surface area contributed by atoms with Crippen LogP contribution in [0.1, 0.15) is 22.5 Å². The van der Waals surface area contributed by atoms with Gasteiger partial charge in [0.1, 0.15) is 0 Å². The van der Waals surface area contributed by atoms with Gasteiger partial charge in [0.05, 0.1) is 17.9 Å². The number of aromatic nitrogens is 3. The number of nitrogens with zero attached hydrogens (tertiary/aromatic N) is 3. The lowest BCUT2D eigenvalue weighted by molar-refractivity contribution is 0.631. The second-order valence-electron chi connectivity index (χ2n) is 4.24. The van der Waals surface area contributed by atoms with Crippen LogP contribution in [0.2, 0.25) is 0 Å². The molecule has 2 rings (SSSR count). The second-order valence-corrected chi connectivity index (χ2v) is 4.24. The van der Waals surface area contributed by atoms with E-state index in [-0.39, 0.29) is 0 Å². The summed E-state index contributed by atoms with van der Waals surface area (Å²) in [6, 6.07) is 8.34. The van der Waals surface area contributed by atoms with Crippen LogP contribution in [0.3, 0.4) is 0 Å². The van der Waals surface area contributed by atoms with Crippen molar-refractivity contribution in [2.45, 2.75) is 26.8 Å². The average Bonchev–Trinajstić information content (AvgIpc) is 2.65. The molecule has 0 radical (unpaired) electrons. The molecular weight excluding hydrogens is 212 g/mol. The molecule has 0 saturated heterocycles. The largest absolute Gasteiger partial charge is 0.330 e. The minimum Gasteiger partial charge on any atom is -0.330 e. The fraction of sp³-hybridized carbons (Fsp3) is 0.385. The van der Waals surface area contributed by atoms with Gasteiger partial charge in [0.2, 0.25) is 0 Å². The third-order valence-electron chi connectivity index (χ3n) is 3.04. The molecule has 1 aromatic carbocycles. The minimum atomic E-state index is 0.615. The number of benzene rings is 1. The maximum absolute atomic E-state index is 5.54. The molecule has 0 atom stereocenters. The summed E-state index contributed by atoms with van der Waals surface area (Å²) in [5.74, 6) is 0. The fourth-order valence-corrected chi connectivity index (χ4v) is 1.86. The number of rotatable bonds is 4. The van der Waals surface area contributed by atoms with Gasteiger partial charge in [-0.3, -0.25) is 0 Å². The van der Waals surface area contributed by atoms with E-state index in [0.717, 1.165) is 24.4 Å². The Morgan fingerprint density at radius 3 is 2.71 bits per heavy atom. The average molecular weight is 230 g/mol. The standard InChI is InChI=1S/C13H18N4/c1-10-5-3-4-6-12(10)9-17-11(2)13(7-8-14)15-16-17/h3-6H,7-9,14H2,1-2H3. The third-order valence-corrected chi connectivity index (χ3v) is 3.04. The SMILES string of the molecule is Cc1ccccc1Cn1nnc(CCN)c1C. The summed E-state index contributed by atoms with van der Waals surface area (Å²) in [5.41, 5.74) is 10.2. The van der Waals surface area contributed by atoms with Crippen LogP contribution in [0.15, 0.2) is 24.3 Å². The summed E-state index contributed by atoms with van der Waals surface area (Å²) < 4.78 is 1.94. The van der Waals surface area contributed by atoms with Crippen LogP contribution in [-0.2, 0) is 13.0 Å². The third kappa shape index (κ3) is 2.53. The Balaban J connectivity index is 2.22. The van der Waals surface area contributed by atoms with Crippen molar-refractivity contribution in [1.82, 2.24) is 15.0 Å². The molecular formula is C13H18N4. The van der Waals surface area contributed by atoms with Crippen LogP contribution in [0, 0.1) is 13.8 Å². The first-order valence-electron chi connectivity index (χ1n) is 5.86. The van der Waals surface area contributed by atoms with Crippen LogP contribution >= 0.6 is 0 Å². The molecule has 4 nitrogen and oxygen atoms in total. The van der Waals surface area contributed by atoms with Crippen molar-refractivity contribution in [3.8, 4) is 0 Å². The van der Waals surface area contributed by atoms with Gasteiger partial charge in [0, 0.05) is 6.42 Å². The molecule has 0 spiro atoms. The Bertz CT molecular complexity index is 502. The number of aryl methyl sites for hydroxylation is 1. The zero-order chi connectivity index (χ0) is 12.3. The van der Waals surface area contributed by atoms with Crippen molar-refractivity contribution in [3.05, 3.63) is 46.8 Å². The van der Waals surface area contributed by atoms with Crippen molar-refractivity contribution in [3.63, 3.8) is 0 Å². The highest BCUT2D eigenvalue weighted by Gasteiger charge is 2.08. The maximum Gasteiger partial charge on any atom is 0.0868 e. The van der Waals surface area contributed by atoms with Crippen molar-refractivity contribution >= 4 is 0 Å². The van der Waals surface area contributed by atoms with E-state index in [1.165, 1.54) is 11.1 Å². The summed E-state index contributed by atoms with van der Waals surface area (Å²) in [5, 5.41) is 8.35. The highest BCUT2D eigenvalue weighted by Crippen LogP contribution is 2.11. The predicted molar refractivity (Wildman–Crippen MR) is 67.8 cm³/mol. The zero-order valence-corrected chi connectivity index (χ0v) is 10.3. The van der Waals surface area contributed by atoms with Crippen molar-refractivity contribution in [2.75, 3.05) is 6.54 Å². The van der Waals surface area contributed by atoms with Crippen molar-refractivity contribution in [2.24, 2.45) is 5.73 Å². The summed E-state index contributed by atoms with van der Waals surface area (Å²) in [6.07, 6.45) is 0.791. The molecule has 0 bridgehead atoms. The molecule has 90 valence electrons. The fourth-order valence-electron chi connectivity index (χ4n) is 1.86. The predicted octanol–water partition coefficient (Wildman–Crippen LogP) is 1.44. The number of hydrogen-bond donors (Lipinski definition) is 1. The van der Waals surface area contributed by atoms with E-state index in [0.29, 0.717) is 6.54 Å². The number of hydrogen-bond acceptors (Lipinski definition) is 3. The summed E-state index contributed by atoms with van der Waals surface area (Å²) >= 11 is 0. The molecule has 0 aliphatic heterocycles. The van der Waals surface area contributed by atoms with Crippen molar-refractivity contribution < 1.29 is 0 Å². The van der Waals surface area contributed by atoms with Crippen LogP contribution in [0.5, 0.6) is 0 Å². The molecule has 0 aliphatic rings. The molecule has 0 fully saturated rings. The Morgan fingerprint density at radius 1 is 1.24 bits per heavy atom. The molecule has 0 unspecified atom stereocenters. The molecule has 0 aliphatic carbocycles. The lowest BCUT2D eigenvalue weighted by Crippen LogP contribution is -2.07. The van der Waals surface area contributed by atoms with Crippen LogP contribution < -0.4 is 5.73 Å². The first-order chi connectivity index (χ1) is 8.22.